The van der Waals surface area contributed by atoms with Crippen LogP contribution < -0.4 is 10.0 Å². The number of sulfonamides is 1. The number of ether oxygens (including phenoxy) is 1. The average molecular weight is 408 g/mol. The number of carbonyl (C=O) groups is 2. The molecule has 0 saturated carbocycles. The van der Waals surface area contributed by atoms with E-state index in [4.69, 9.17) is 4.74 Å². The third-order valence-electron chi connectivity index (χ3n) is 3.93. The van der Waals surface area contributed by atoms with Gasteiger partial charge in [-0.3, -0.25) is 9.48 Å². The van der Waals surface area contributed by atoms with E-state index in [-0.39, 0.29) is 16.5 Å². The number of aromatic nitrogens is 2. The van der Waals surface area contributed by atoms with Gasteiger partial charge in [-0.25, -0.2) is 17.9 Å². The van der Waals surface area contributed by atoms with Gasteiger partial charge in [-0.1, -0.05) is 0 Å². The summed E-state index contributed by atoms with van der Waals surface area (Å²) in [4.78, 5) is 24.5. The molecule has 152 valence electrons. The van der Waals surface area contributed by atoms with Gasteiger partial charge in [-0.15, -0.1) is 0 Å². The Balaban J connectivity index is 2.00. The van der Waals surface area contributed by atoms with E-state index in [1.807, 2.05) is 0 Å². The fraction of sp³-hybridized carbons (Fsp3) is 0.389. The predicted octanol–water partition coefficient (Wildman–Crippen LogP) is 1.60. The molecular formula is C18H24N4O5S. The van der Waals surface area contributed by atoms with Gasteiger partial charge >= 0.3 is 5.97 Å². The zero-order valence-corrected chi connectivity index (χ0v) is 17.2. The summed E-state index contributed by atoms with van der Waals surface area (Å²) in [5, 5.41) is 6.55. The molecule has 0 radical (unpaired) electrons. The molecule has 28 heavy (non-hydrogen) atoms. The highest BCUT2D eigenvalue weighted by Crippen LogP contribution is 2.15. The normalized spacial score (nSPS) is 12.6. The van der Waals surface area contributed by atoms with Crippen molar-refractivity contribution in [2.24, 2.45) is 7.05 Å². The first-order valence-corrected chi connectivity index (χ1v) is 10.1. The van der Waals surface area contributed by atoms with Crippen LogP contribution in [-0.2, 0) is 26.6 Å². The van der Waals surface area contributed by atoms with E-state index in [1.54, 1.807) is 27.8 Å². The molecule has 2 rings (SSSR count). The molecule has 0 bridgehead atoms. The summed E-state index contributed by atoms with van der Waals surface area (Å²) in [6.07, 6.45) is 0.338. The van der Waals surface area contributed by atoms with Crippen LogP contribution in [0.4, 0.5) is 5.69 Å². The molecule has 2 aromatic rings. The van der Waals surface area contributed by atoms with Crippen molar-refractivity contribution in [1.82, 2.24) is 14.5 Å². The first-order valence-electron chi connectivity index (χ1n) is 8.64. The van der Waals surface area contributed by atoms with E-state index in [9.17, 15) is 18.0 Å². The first kappa shape index (κ1) is 21.6. The molecule has 10 heteroatoms. The summed E-state index contributed by atoms with van der Waals surface area (Å²) in [5.74, 6) is -1.18. The van der Waals surface area contributed by atoms with Crippen LogP contribution in [0.2, 0.25) is 0 Å². The molecule has 0 aliphatic carbocycles. The lowest BCUT2D eigenvalue weighted by Crippen LogP contribution is -2.31. The number of aryl methyl sites for hydroxylation is 1. The fourth-order valence-corrected chi connectivity index (χ4v) is 3.57. The second-order valence-corrected chi connectivity index (χ2v) is 8.32. The summed E-state index contributed by atoms with van der Waals surface area (Å²) in [7, 11) is -1.91. The second kappa shape index (κ2) is 8.53. The van der Waals surface area contributed by atoms with E-state index in [0.29, 0.717) is 11.4 Å². The van der Waals surface area contributed by atoms with Gasteiger partial charge in [-0.2, -0.15) is 5.10 Å². The van der Waals surface area contributed by atoms with Gasteiger partial charge in [0.2, 0.25) is 10.0 Å². The lowest BCUT2D eigenvalue weighted by atomic mass is 10.2. The van der Waals surface area contributed by atoms with Gasteiger partial charge in [-0.05, 0) is 52.0 Å². The highest BCUT2D eigenvalue weighted by Gasteiger charge is 2.22. The fourth-order valence-electron chi connectivity index (χ4n) is 2.32. The van der Waals surface area contributed by atoms with Crippen LogP contribution in [0.3, 0.4) is 0 Å². The number of nitrogens with one attached hydrogen (secondary N) is 2. The van der Waals surface area contributed by atoms with Crippen molar-refractivity contribution in [2.45, 2.75) is 44.7 Å². The maximum atomic E-state index is 12.3. The number of nitrogens with zero attached hydrogens (tertiary/aromatic N) is 2. The highest BCUT2D eigenvalue weighted by atomic mass is 32.2. The van der Waals surface area contributed by atoms with Crippen LogP contribution in [0.5, 0.6) is 0 Å². The molecule has 0 fully saturated rings. The smallest absolute Gasteiger partial charge is 0.342 e. The quantitative estimate of drug-likeness (QED) is 0.672. The Kier molecular flexibility index (Phi) is 6.57. The maximum absolute atomic E-state index is 12.3. The van der Waals surface area contributed by atoms with Crippen molar-refractivity contribution < 1.29 is 22.7 Å². The minimum atomic E-state index is -3.61. The van der Waals surface area contributed by atoms with Crippen molar-refractivity contribution in [3.8, 4) is 0 Å². The average Bonchev–Trinajstić information content (AvgIpc) is 2.93. The van der Waals surface area contributed by atoms with Gasteiger partial charge in [0.15, 0.2) is 6.10 Å². The van der Waals surface area contributed by atoms with Crippen LogP contribution in [0.1, 0.15) is 36.8 Å². The van der Waals surface area contributed by atoms with Crippen LogP contribution in [0, 0.1) is 6.92 Å². The predicted molar refractivity (Wildman–Crippen MR) is 103 cm³/mol. The van der Waals surface area contributed by atoms with Gasteiger partial charge < -0.3 is 10.1 Å². The topological polar surface area (TPSA) is 119 Å². The third kappa shape index (κ3) is 5.17. The Hall–Kier alpha value is -2.72. The molecule has 1 heterocycles. The molecule has 1 atom stereocenters. The Morgan fingerprint density at radius 1 is 1.14 bits per heavy atom. The lowest BCUT2D eigenvalue weighted by molar-refractivity contribution is -0.123. The number of hydrogen-bond donors (Lipinski definition) is 2. The second-order valence-electron chi connectivity index (χ2n) is 6.60. The summed E-state index contributed by atoms with van der Waals surface area (Å²) < 4.78 is 33.4. The van der Waals surface area contributed by atoms with Crippen LogP contribution >= 0.6 is 0 Å². The van der Waals surface area contributed by atoms with Crippen molar-refractivity contribution in [3.05, 3.63) is 41.7 Å². The number of amides is 1. The SMILES string of the molecule is Cc1c(C(=O)OC(C)C(=O)Nc2ccc(S(=O)(=O)NC(C)C)cc2)cnn1C. The number of benzene rings is 1. The van der Waals surface area contributed by atoms with Crippen molar-refractivity contribution in [3.63, 3.8) is 0 Å². The monoisotopic (exact) mass is 408 g/mol. The molecule has 0 aliphatic rings. The zero-order valence-electron chi connectivity index (χ0n) is 16.4. The van der Waals surface area contributed by atoms with E-state index in [1.165, 1.54) is 42.1 Å². The van der Waals surface area contributed by atoms with Gasteiger partial charge in [0.25, 0.3) is 5.91 Å². The van der Waals surface area contributed by atoms with Crippen molar-refractivity contribution in [1.29, 1.82) is 0 Å². The molecule has 1 aromatic heterocycles. The van der Waals surface area contributed by atoms with E-state index in [0.717, 1.165) is 0 Å². The highest BCUT2D eigenvalue weighted by molar-refractivity contribution is 7.89. The van der Waals surface area contributed by atoms with E-state index in [2.05, 4.69) is 15.1 Å². The maximum Gasteiger partial charge on any atom is 0.342 e. The van der Waals surface area contributed by atoms with Crippen molar-refractivity contribution >= 4 is 27.6 Å². The molecular weight excluding hydrogens is 384 g/mol. The minimum Gasteiger partial charge on any atom is -0.449 e. The van der Waals surface area contributed by atoms with Crippen LogP contribution in [-0.4, -0.2) is 42.2 Å². The van der Waals surface area contributed by atoms with Crippen LogP contribution in [0.25, 0.3) is 0 Å². The Morgan fingerprint density at radius 2 is 1.75 bits per heavy atom. The Bertz CT molecular complexity index is 964. The number of rotatable bonds is 7. The van der Waals surface area contributed by atoms with Gasteiger partial charge in [0.05, 0.1) is 11.1 Å². The zero-order chi connectivity index (χ0) is 21.1. The Labute approximate surface area is 164 Å². The van der Waals surface area contributed by atoms with E-state index >= 15 is 0 Å². The molecule has 0 aliphatic heterocycles. The van der Waals surface area contributed by atoms with Crippen LogP contribution in [0.15, 0.2) is 35.4 Å². The number of anilines is 1. The minimum absolute atomic E-state index is 0.0886. The van der Waals surface area contributed by atoms with Gasteiger partial charge in [0, 0.05) is 24.5 Å². The largest absolute Gasteiger partial charge is 0.449 e. The number of esters is 1. The summed E-state index contributed by atoms with van der Waals surface area (Å²) in [5.41, 5.74) is 1.30. The van der Waals surface area contributed by atoms with Crippen molar-refractivity contribution in [2.75, 3.05) is 5.32 Å². The molecule has 1 unspecified atom stereocenters. The first-order chi connectivity index (χ1) is 13.0. The third-order valence-corrected chi connectivity index (χ3v) is 5.61. The Morgan fingerprint density at radius 3 is 2.25 bits per heavy atom. The number of carbonyl (C=O) groups excluding carboxylic acids is 2. The van der Waals surface area contributed by atoms with E-state index < -0.39 is 28.0 Å². The lowest BCUT2D eigenvalue weighted by Gasteiger charge is -2.14. The summed E-state index contributed by atoms with van der Waals surface area (Å²) in [6, 6.07) is 5.47. The summed E-state index contributed by atoms with van der Waals surface area (Å²) >= 11 is 0. The molecule has 2 N–H and O–H groups in total. The molecule has 1 amide bonds. The molecule has 0 spiro atoms. The summed E-state index contributed by atoms with van der Waals surface area (Å²) in [6.45, 7) is 6.62. The molecule has 9 nitrogen and oxygen atoms in total. The number of hydrogen-bond acceptors (Lipinski definition) is 6. The molecule has 1 aromatic carbocycles. The van der Waals surface area contributed by atoms with Gasteiger partial charge in [0.1, 0.15) is 5.56 Å². The molecule has 0 saturated heterocycles. The standard InChI is InChI=1S/C18H24N4O5S/c1-11(2)21-28(25,26)15-8-6-14(7-9-15)20-17(23)13(4)27-18(24)16-10-19-22(5)12(16)3/h6-11,13,21H,1-5H3,(H,20,23).